The van der Waals surface area contributed by atoms with Crippen LogP contribution in [0.4, 0.5) is 15.8 Å². The van der Waals surface area contributed by atoms with Gasteiger partial charge in [0.15, 0.2) is 0 Å². The minimum Gasteiger partial charge on any atom is -0.325 e. The zero-order valence-corrected chi connectivity index (χ0v) is 14.5. The van der Waals surface area contributed by atoms with Crippen LogP contribution in [0.25, 0.3) is 0 Å². The second-order valence-corrected chi connectivity index (χ2v) is 7.48. The lowest BCUT2D eigenvalue weighted by Gasteiger charge is -2.22. The van der Waals surface area contributed by atoms with Gasteiger partial charge in [-0.05, 0) is 49.2 Å². The molecule has 0 aliphatic rings. The van der Waals surface area contributed by atoms with Gasteiger partial charge in [-0.3, -0.25) is 9.10 Å². The van der Waals surface area contributed by atoms with Crippen molar-refractivity contribution >= 4 is 27.3 Å². The smallest absolute Gasteiger partial charge is 0.245 e. The molecule has 24 heavy (non-hydrogen) atoms. The zero-order chi connectivity index (χ0) is 17.9. The Hall–Kier alpha value is -2.41. The third kappa shape index (κ3) is 4.32. The first-order valence-electron chi connectivity index (χ1n) is 7.28. The van der Waals surface area contributed by atoms with Crippen molar-refractivity contribution in [3.8, 4) is 0 Å². The van der Waals surface area contributed by atoms with Crippen LogP contribution < -0.4 is 9.62 Å². The fourth-order valence-corrected chi connectivity index (χ4v) is 3.04. The molecule has 0 unspecified atom stereocenters. The van der Waals surface area contributed by atoms with E-state index in [0.717, 1.165) is 27.8 Å². The molecule has 0 atom stereocenters. The topological polar surface area (TPSA) is 66.5 Å². The number of nitrogens with zero attached hydrogens (tertiary/aromatic N) is 1. The molecular weight excluding hydrogens is 331 g/mol. The maximum absolute atomic E-state index is 13.9. The van der Waals surface area contributed by atoms with E-state index >= 15 is 0 Å². The highest BCUT2D eigenvalue weighted by Crippen LogP contribution is 2.21. The van der Waals surface area contributed by atoms with Crippen molar-refractivity contribution in [2.24, 2.45) is 0 Å². The number of carbonyl (C=O) groups excluding carboxylic acids is 1. The quantitative estimate of drug-likeness (QED) is 0.902. The minimum atomic E-state index is -3.81. The number of aryl methyl sites for hydroxylation is 2. The maximum atomic E-state index is 13.9. The van der Waals surface area contributed by atoms with Gasteiger partial charge in [-0.25, -0.2) is 12.8 Å². The fraction of sp³-hybridized carbons (Fsp3) is 0.235. The number of carbonyl (C=O) groups is 1. The lowest BCUT2D eigenvalue weighted by Crippen LogP contribution is -2.38. The third-order valence-electron chi connectivity index (χ3n) is 3.60. The highest BCUT2D eigenvalue weighted by Gasteiger charge is 2.23. The molecular formula is C17H19FN2O3S. The average Bonchev–Trinajstić information content (AvgIpc) is 2.48. The molecule has 2 aromatic carbocycles. The summed E-state index contributed by atoms with van der Waals surface area (Å²) in [6.45, 7) is 3.35. The van der Waals surface area contributed by atoms with Gasteiger partial charge in [0.1, 0.15) is 12.4 Å². The summed E-state index contributed by atoms with van der Waals surface area (Å²) in [7, 11) is -3.81. The van der Waals surface area contributed by atoms with Crippen molar-refractivity contribution in [3.63, 3.8) is 0 Å². The number of nitrogens with one attached hydrogen (secondary N) is 1. The van der Waals surface area contributed by atoms with Crippen LogP contribution in [0.5, 0.6) is 0 Å². The summed E-state index contributed by atoms with van der Waals surface area (Å²) >= 11 is 0. The van der Waals surface area contributed by atoms with Crippen LogP contribution in [0.1, 0.15) is 11.1 Å². The summed E-state index contributed by atoms with van der Waals surface area (Å²) in [5, 5.41) is 2.63. The van der Waals surface area contributed by atoms with Crippen LogP contribution in [-0.2, 0) is 14.8 Å². The van der Waals surface area contributed by atoms with E-state index in [-0.39, 0.29) is 5.69 Å². The monoisotopic (exact) mass is 350 g/mol. The Balaban J connectivity index is 2.22. The first kappa shape index (κ1) is 17.9. The molecule has 0 aromatic heterocycles. The standard InChI is InChI=1S/C17H19FN2O3S/c1-12-8-9-14(10-13(12)2)19-17(21)11-20(24(3,22)23)16-7-5-4-6-15(16)18/h4-10H,11H2,1-3H3,(H,19,21). The number of sulfonamides is 1. The number of hydrogen-bond donors (Lipinski definition) is 1. The lowest BCUT2D eigenvalue weighted by atomic mass is 10.1. The Morgan fingerprint density at radius 3 is 2.38 bits per heavy atom. The molecule has 0 heterocycles. The molecule has 0 spiro atoms. The second kappa shape index (κ2) is 7.00. The van der Waals surface area contributed by atoms with Gasteiger partial charge in [-0.1, -0.05) is 18.2 Å². The number of anilines is 2. The highest BCUT2D eigenvalue weighted by atomic mass is 32.2. The van der Waals surface area contributed by atoms with Gasteiger partial charge >= 0.3 is 0 Å². The largest absolute Gasteiger partial charge is 0.325 e. The van der Waals surface area contributed by atoms with Gasteiger partial charge in [-0.2, -0.15) is 0 Å². The van der Waals surface area contributed by atoms with E-state index in [1.807, 2.05) is 19.9 Å². The molecule has 7 heteroatoms. The van der Waals surface area contributed by atoms with Crippen LogP contribution in [0.3, 0.4) is 0 Å². The van der Waals surface area contributed by atoms with Crippen molar-refractivity contribution in [2.75, 3.05) is 22.4 Å². The molecule has 2 aromatic rings. The first-order chi connectivity index (χ1) is 11.2. The molecule has 1 N–H and O–H groups in total. The van der Waals surface area contributed by atoms with E-state index in [1.54, 1.807) is 12.1 Å². The van der Waals surface area contributed by atoms with Crippen molar-refractivity contribution < 1.29 is 17.6 Å². The molecule has 0 radical (unpaired) electrons. The van der Waals surface area contributed by atoms with Gasteiger partial charge in [-0.15, -0.1) is 0 Å². The Morgan fingerprint density at radius 2 is 1.79 bits per heavy atom. The van der Waals surface area contributed by atoms with Gasteiger partial charge < -0.3 is 5.32 Å². The minimum absolute atomic E-state index is 0.157. The molecule has 5 nitrogen and oxygen atoms in total. The highest BCUT2D eigenvalue weighted by molar-refractivity contribution is 7.92. The van der Waals surface area contributed by atoms with Crippen LogP contribution in [-0.4, -0.2) is 27.1 Å². The zero-order valence-electron chi connectivity index (χ0n) is 13.7. The van der Waals surface area contributed by atoms with Gasteiger partial charge in [0.25, 0.3) is 0 Å². The van der Waals surface area contributed by atoms with Crippen molar-refractivity contribution in [1.29, 1.82) is 0 Å². The first-order valence-corrected chi connectivity index (χ1v) is 9.12. The molecule has 0 aliphatic heterocycles. The summed E-state index contributed by atoms with van der Waals surface area (Å²) in [6.07, 6.45) is 0.933. The summed E-state index contributed by atoms with van der Waals surface area (Å²) in [6, 6.07) is 10.8. The van der Waals surface area contributed by atoms with Gasteiger partial charge in [0, 0.05) is 5.69 Å². The van der Waals surface area contributed by atoms with Crippen molar-refractivity contribution in [1.82, 2.24) is 0 Å². The van der Waals surface area contributed by atoms with Crippen molar-refractivity contribution in [3.05, 3.63) is 59.4 Å². The van der Waals surface area contributed by atoms with Crippen LogP contribution >= 0.6 is 0 Å². The molecule has 2 rings (SSSR count). The molecule has 0 saturated heterocycles. The molecule has 0 fully saturated rings. The summed E-state index contributed by atoms with van der Waals surface area (Å²) in [4.78, 5) is 12.2. The van der Waals surface area contributed by atoms with Gasteiger partial charge in [0.05, 0.1) is 11.9 Å². The Labute approximate surface area is 141 Å². The maximum Gasteiger partial charge on any atom is 0.245 e. The second-order valence-electron chi connectivity index (χ2n) is 5.57. The van der Waals surface area contributed by atoms with Crippen LogP contribution in [0, 0.1) is 19.7 Å². The molecule has 0 saturated carbocycles. The molecule has 0 aliphatic carbocycles. The Kier molecular flexibility index (Phi) is 5.23. The Bertz CT molecular complexity index is 866. The third-order valence-corrected chi connectivity index (χ3v) is 4.73. The molecule has 0 bridgehead atoms. The summed E-state index contributed by atoms with van der Waals surface area (Å²) in [5.41, 5.74) is 2.49. The number of benzene rings is 2. The number of amides is 1. The van der Waals surface area contributed by atoms with E-state index in [9.17, 15) is 17.6 Å². The lowest BCUT2D eigenvalue weighted by molar-refractivity contribution is -0.114. The van der Waals surface area contributed by atoms with Crippen LogP contribution in [0.15, 0.2) is 42.5 Å². The van der Waals surface area contributed by atoms with Gasteiger partial charge in [0.2, 0.25) is 15.9 Å². The van der Waals surface area contributed by atoms with E-state index in [4.69, 9.17) is 0 Å². The Morgan fingerprint density at radius 1 is 1.12 bits per heavy atom. The number of para-hydroxylation sites is 1. The molecule has 1 amide bonds. The van der Waals surface area contributed by atoms with Crippen LogP contribution in [0.2, 0.25) is 0 Å². The summed E-state index contributed by atoms with van der Waals surface area (Å²) < 4.78 is 38.6. The van der Waals surface area contributed by atoms with E-state index in [2.05, 4.69) is 5.32 Å². The normalized spacial score (nSPS) is 11.2. The fourth-order valence-electron chi connectivity index (χ4n) is 2.19. The number of rotatable bonds is 5. The van der Waals surface area contributed by atoms with Crippen molar-refractivity contribution in [2.45, 2.75) is 13.8 Å². The van der Waals surface area contributed by atoms with E-state index in [1.165, 1.54) is 18.2 Å². The molecule has 128 valence electrons. The predicted octanol–water partition coefficient (Wildman–Crippen LogP) is 2.85. The number of halogens is 1. The average molecular weight is 350 g/mol. The predicted molar refractivity (Wildman–Crippen MR) is 93.1 cm³/mol. The van der Waals surface area contributed by atoms with E-state index < -0.39 is 28.3 Å². The van der Waals surface area contributed by atoms with E-state index in [0.29, 0.717) is 5.69 Å². The number of hydrogen-bond acceptors (Lipinski definition) is 3. The SMILES string of the molecule is Cc1ccc(NC(=O)CN(c2ccccc2F)S(C)(=O)=O)cc1C. The summed E-state index contributed by atoms with van der Waals surface area (Å²) in [5.74, 6) is -1.26.